The molecule has 0 aliphatic carbocycles. The SMILES string of the molecule is CCCC(C)CCNC(C)(C)C. The van der Waals surface area contributed by atoms with Crippen molar-refractivity contribution in [3.8, 4) is 0 Å². The molecule has 74 valence electrons. The van der Waals surface area contributed by atoms with E-state index < -0.39 is 0 Å². The van der Waals surface area contributed by atoms with E-state index in [9.17, 15) is 0 Å². The summed E-state index contributed by atoms with van der Waals surface area (Å²) in [7, 11) is 0. The van der Waals surface area contributed by atoms with E-state index >= 15 is 0 Å². The zero-order valence-electron chi connectivity index (χ0n) is 9.41. The van der Waals surface area contributed by atoms with Gasteiger partial charge >= 0.3 is 0 Å². The highest BCUT2D eigenvalue weighted by atomic mass is 14.9. The van der Waals surface area contributed by atoms with Gasteiger partial charge in [0.1, 0.15) is 0 Å². The van der Waals surface area contributed by atoms with Gasteiger partial charge in [-0.1, -0.05) is 26.7 Å². The van der Waals surface area contributed by atoms with Crippen LogP contribution in [-0.2, 0) is 0 Å². The molecule has 12 heavy (non-hydrogen) atoms. The molecule has 0 fully saturated rings. The van der Waals surface area contributed by atoms with E-state index in [1.54, 1.807) is 0 Å². The van der Waals surface area contributed by atoms with Gasteiger partial charge in [-0.3, -0.25) is 0 Å². The average Bonchev–Trinajstić information content (AvgIpc) is 1.84. The van der Waals surface area contributed by atoms with Gasteiger partial charge in [-0.15, -0.1) is 0 Å². The summed E-state index contributed by atoms with van der Waals surface area (Å²) in [6.45, 7) is 12.4. The van der Waals surface area contributed by atoms with E-state index in [1.807, 2.05) is 0 Å². The summed E-state index contributed by atoms with van der Waals surface area (Å²) in [5.41, 5.74) is 0.284. The van der Waals surface area contributed by atoms with Crippen LogP contribution in [-0.4, -0.2) is 12.1 Å². The van der Waals surface area contributed by atoms with Crippen LogP contribution < -0.4 is 5.32 Å². The molecule has 0 amide bonds. The van der Waals surface area contributed by atoms with E-state index in [4.69, 9.17) is 0 Å². The number of nitrogens with one attached hydrogen (secondary N) is 1. The fraction of sp³-hybridized carbons (Fsp3) is 1.00. The highest BCUT2D eigenvalue weighted by molar-refractivity contribution is 4.70. The van der Waals surface area contributed by atoms with E-state index in [0.717, 1.165) is 12.5 Å². The Morgan fingerprint density at radius 1 is 1.17 bits per heavy atom. The monoisotopic (exact) mass is 171 g/mol. The van der Waals surface area contributed by atoms with E-state index in [0.29, 0.717) is 0 Å². The number of hydrogen-bond acceptors (Lipinski definition) is 1. The zero-order chi connectivity index (χ0) is 9.61. The van der Waals surface area contributed by atoms with Crippen molar-refractivity contribution in [1.82, 2.24) is 5.32 Å². The molecule has 1 atom stereocenters. The van der Waals surface area contributed by atoms with Crippen LogP contribution in [0.5, 0.6) is 0 Å². The van der Waals surface area contributed by atoms with Crippen LogP contribution >= 0.6 is 0 Å². The number of hydrogen-bond donors (Lipinski definition) is 1. The number of rotatable bonds is 5. The quantitative estimate of drug-likeness (QED) is 0.670. The first kappa shape index (κ1) is 12.0. The normalized spacial score (nSPS) is 14.8. The van der Waals surface area contributed by atoms with Crippen molar-refractivity contribution in [3.05, 3.63) is 0 Å². The van der Waals surface area contributed by atoms with Crippen LogP contribution in [0.2, 0.25) is 0 Å². The largest absolute Gasteiger partial charge is 0.312 e. The van der Waals surface area contributed by atoms with E-state index in [1.165, 1.54) is 19.3 Å². The van der Waals surface area contributed by atoms with Crippen molar-refractivity contribution >= 4 is 0 Å². The Hall–Kier alpha value is -0.0400. The molecule has 0 aliphatic rings. The van der Waals surface area contributed by atoms with Crippen LogP contribution in [0, 0.1) is 5.92 Å². The van der Waals surface area contributed by atoms with Gasteiger partial charge < -0.3 is 5.32 Å². The summed E-state index contributed by atoms with van der Waals surface area (Å²) >= 11 is 0. The molecule has 0 aliphatic heterocycles. The molecule has 0 aromatic carbocycles. The van der Waals surface area contributed by atoms with Crippen LogP contribution in [0.3, 0.4) is 0 Å². The lowest BCUT2D eigenvalue weighted by Crippen LogP contribution is -2.36. The van der Waals surface area contributed by atoms with Gasteiger partial charge in [0.25, 0.3) is 0 Å². The Bertz CT molecular complexity index is 102. The third-order valence-electron chi connectivity index (χ3n) is 2.07. The minimum atomic E-state index is 0.284. The van der Waals surface area contributed by atoms with E-state index in [-0.39, 0.29) is 5.54 Å². The second kappa shape index (κ2) is 5.58. The highest BCUT2D eigenvalue weighted by Gasteiger charge is 2.08. The average molecular weight is 171 g/mol. The molecule has 0 heterocycles. The highest BCUT2D eigenvalue weighted by Crippen LogP contribution is 2.09. The third kappa shape index (κ3) is 8.06. The van der Waals surface area contributed by atoms with Crippen molar-refractivity contribution in [3.63, 3.8) is 0 Å². The first-order valence-corrected chi connectivity index (χ1v) is 5.20. The summed E-state index contributed by atoms with van der Waals surface area (Å²) in [6.07, 6.45) is 3.99. The Kier molecular flexibility index (Phi) is 5.56. The smallest absolute Gasteiger partial charge is 0.00965 e. The molecule has 0 radical (unpaired) electrons. The molecule has 0 aromatic heterocycles. The zero-order valence-corrected chi connectivity index (χ0v) is 9.41. The lowest BCUT2D eigenvalue weighted by molar-refractivity contribution is 0.385. The van der Waals surface area contributed by atoms with Gasteiger partial charge in [0.15, 0.2) is 0 Å². The van der Waals surface area contributed by atoms with Gasteiger partial charge in [-0.05, 0) is 39.7 Å². The summed E-state index contributed by atoms with van der Waals surface area (Å²) < 4.78 is 0. The maximum absolute atomic E-state index is 3.51. The molecule has 1 unspecified atom stereocenters. The second-order valence-electron chi connectivity index (χ2n) is 4.86. The van der Waals surface area contributed by atoms with Crippen molar-refractivity contribution in [2.75, 3.05) is 6.54 Å². The molecule has 1 heteroatoms. The topological polar surface area (TPSA) is 12.0 Å². The minimum absolute atomic E-state index is 0.284. The van der Waals surface area contributed by atoms with Crippen molar-refractivity contribution in [2.45, 2.75) is 59.4 Å². The van der Waals surface area contributed by atoms with Crippen molar-refractivity contribution in [2.24, 2.45) is 5.92 Å². The maximum Gasteiger partial charge on any atom is 0.00965 e. The molecule has 0 aromatic rings. The standard InChI is InChI=1S/C11H25N/c1-6-7-10(2)8-9-12-11(3,4)5/h10,12H,6-9H2,1-5H3. The molecular weight excluding hydrogens is 146 g/mol. The van der Waals surface area contributed by atoms with Crippen LogP contribution in [0.1, 0.15) is 53.9 Å². The molecule has 0 saturated heterocycles. The molecule has 1 N–H and O–H groups in total. The molecule has 0 bridgehead atoms. The van der Waals surface area contributed by atoms with Gasteiger partial charge in [-0.2, -0.15) is 0 Å². The van der Waals surface area contributed by atoms with Gasteiger partial charge in [-0.25, -0.2) is 0 Å². The second-order valence-corrected chi connectivity index (χ2v) is 4.86. The van der Waals surface area contributed by atoms with Gasteiger partial charge in [0.05, 0.1) is 0 Å². The molecule has 1 nitrogen and oxygen atoms in total. The van der Waals surface area contributed by atoms with E-state index in [2.05, 4.69) is 39.9 Å². The van der Waals surface area contributed by atoms with Crippen LogP contribution in [0.4, 0.5) is 0 Å². The predicted octanol–water partition coefficient (Wildman–Crippen LogP) is 3.20. The Labute approximate surface area is 77.9 Å². The van der Waals surface area contributed by atoms with Gasteiger partial charge in [0, 0.05) is 5.54 Å². The first-order valence-electron chi connectivity index (χ1n) is 5.20. The molecular formula is C11H25N. The van der Waals surface area contributed by atoms with Crippen molar-refractivity contribution in [1.29, 1.82) is 0 Å². The maximum atomic E-state index is 3.51. The van der Waals surface area contributed by atoms with Crippen LogP contribution in [0.25, 0.3) is 0 Å². The summed E-state index contributed by atoms with van der Waals surface area (Å²) in [6, 6.07) is 0. The molecule has 0 saturated carbocycles. The summed E-state index contributed by atoms with van der Waals surface area (Å²) in [5.74, 6) is 0.879. The Balaban J connectivity index is 3.31. The Morgan fingerprint density at radius 3 is 2.17 bits per heavy atom. The fourth-order valence-corrected chi connectivity index (χ4v) is 1.33. The lowest BCUT2D eigenvalue weighted by atomic mass is 10.0. The first-order chi connectivity index (χ1) is 5.45. The van der Waals surface area contributed by atoms with Gasteiger partial charge in [0.2, 0.25) is 0 Å². The Morgan fingerprint density at radius 2 is 1.75 bits per heavy atom. The summed E-state index contributed by atoms with van der Waals surface area (Å²) in [4.78, 5) is 0. The third-order valence-corrected chi connectivity index (χ3v) is 2.07. The minimum Gasteiger partial charge on any atom is -0.312 e. The molecule has 0 spiro atoms. The lowest BCUT2D eigenvalue weighted by Gasteiger charge is -2.21. The predicted molar refractivity (Wildman–Crippen MR) is 56.4 cm³/mol. The molecule has 0 rings (SSSR count). The fourth-order valence-electron chi connectivity index (χ4n) is 1.33. The van der Waals surface area contributed by atoms with Crippen molar-refractivity contribution < 1.29 is 0 Å². The summed E-state index contributed by atoms with van der Waals surface area (Å²) in [5, 5.41) is 3.51. The van der Waals surface area contributed by atoms with Crippen LogP contribution in [0.15, 0.2) is 0 Å².